The van der Waals surface area contributed by atoms with Crippen molar-refractivity contribution < 1.29 is 27.8 Å². The van der Waals surface area contributed by atoms with E-state index in [-0.39, 0.29) is 58.4 Å². The van der Waals surface area contributed by atoms with E-state index in [1.807, 2.05) is 44.7 Å². The van der Waals surface area contributed by atoms with E-state index >= 15 is 8.78 Å². The van der Waals surface area contributed by atoms with Gasteiger partial charge in [-0.25, -0.2) is 18.6 Å². The Morgan fingerprint density at radius 2 is 1.78 bits per heavy atom. The molecule has 0 spiro atoms. The summed E-state index contributed by atoms with van der Waals surface area (Å²) in [5, 5.41) is 1.54. The first-order valence-corrected chi connectivity index (χ1v) is 25.2. The molecule has 0 N–H and O–H groups in total. The van der Waals surface area contributed by atoms with Gasteiger partial charge in [0, 0.05) is 24.0 Å². The Balaban J connectivity index is 1.23. The van der Waals surface area contributed by atoms with Crippen molar-refractivity contribution in [3.05, 3.63) is 59.7 Å². The summed E-state index contributed by atoms with van der Waals surface area (Å²) in [6.45, 7) is 27.8. The van der Waals surface area contributed by atoms with E-state index in [0.717, 1.165) is 45.2 Å². The monoisotopic (exact) mass is 876 g/mol. The number of rotatable bonds is 7. The second-order valence-corrected chi connectivity index (χ2v) is 26.3. The van der Waals surface area contributed by atoms with E-state index < -0.39 is 31.4 Å². The number of anilines is 1. The van der Waals surface area contributed by atoms with Gasteiger partial charge in [0.2, 0.25) is 5.88 Å². The Kier molecular flexibility index (Phi) is 10.8. The first-order chi connectivity index (χ1) is 29.8. The molecule has 4 aromatic rings. The number of hydrogen-bond acceptors (Lipinski definition) is 9. The Bertz CT molecular complexity index is 2560. The Hall–Kier alpha value is -4.80. The maximum absolute atomic E-state index is 18.0. The molecule has 10 nitrogen and oxygen atoms in total. The highest BCUT2D eigenvalue weighted by Crippen LogP contribution is 2.48. The van der Waals surface area contributed by atoms with Gasteiger partial charge in [-0.3, -0.25) is 9.80 Å². The molecule has 0 aliphatic carbocycles. The molecule has 2 aromatic heterocycles. The van der Waals surface area contributed by atoms with Crippen LogP contribution in [0.4, 0.5) is 19.4 Å². The summed E-state index contributed by atoms with van der Waals surface area (Å²) in [4.78, 5) is 35.3. The van der Waals surface area contributed by atoms with Gasteiger partial charge in [-0.2, -0.15) is 9.97 Å². The van der Waals surface area contributed by atoms with Crippen molar-refractivity contribution in [2.75, 3.05) is 31.1 Å². The molecule has 2 aromatic carbocycles. The highest BCUT2D eigenvalue weighted by atomic mass is 28.3. The average molecular weight is 877 g/mol. The zero-order valence-electron chi connectivity index (χ0n) is 38.6. The number of benzene rings is 2. The number of hydrogen-bond donors (Lipinski definition) is 0. The third-order valence-corrected chi connectivity index (χ3v) is 21.1. The predicted molar refractivity (Wildman–Crippen MR) is 247 cm³/mol. The highest BCUT2D eigenvalue weighted by molar-refractivity contribution is 6.90. The number of fused-ring (bicyclic) bond motifs is 7. The first kappa shape index (κ1) is 43.4. The van der Waals surface area contributed by atoms with Crippen LogP contribution in [0.25, 0.3) is 32.9 Å². The van der Waals surface area contributed by atoms with Crippen LogP contribution in [0.15, 0.2) is 42.5 Å². The van der Waals surface area contributed by atoms with Crippen molar-refractivity contribution in [3.63, 3.8) is 0 Å². The van der Waals surface area contributed by atoms with Crippen LogP contribution in [0.3, 0.4) is 0 Å². The lowest BCUT2D eigenvalue weighted by atomic mass is 9.94. The van der Waals surface area contributed by atoms with Crippen LogP contribution in [-0.2, 0) is 4.74 Å². The Morgan fingerprint density at radius 3 is 2.49 bits per heavy atom. The lowest BCUT2D eigenvalue weighted by molar-refractivity contribution is 0.000934. The molecule has 0 radical (unpaired) electrons. The minimum absolute atomic E-state index is 0.00765. The number of carbonyl (C=O) groups excluding carboxylic acids is 1. The maximum Gasteiger partial charge on any atom is 0.410 e. The van der Waals surface area contributed by atoms with Crippen molar-refractivity contribution in [2.45, 2.75) is 153 Å². The minimum atomic E-state index is -2.29. The van der Waals surface area contributed by atoms with Gasteiger partial charge in [0.1, 0.15) is 54.6 Å². The molecule has 2 bridgehead atoms. The number of carbonyl (C=O) groups is 1. The number of nitrogens with zero attached hydrogens (tertiary/aromatic N) is 6. The lowest BCUT2D eigenvalue weighted by Gasteiger charge is -2.48. The molecule has 0 unspecified atom stereocenters. The molecular formula is C50H62F2N6O4Si. The summed E-state index contributed by atoms with van der Waals surface area (Å²) in [7, 11) is -2.29. The van der Waals surface area contributed by atoms with Crippen molar-refractivity contribution in [2.24, 2.45) is 0 Å². The molecule has 5 aliphatic heterocycles. The van der Waals surface area contributed by atoms with E-state index in [9.17, 15) is 4.79 Å². The zero-order valence-corrected chi connectivity index (χ0v) is 39.6. The number of halogens is 2. The third-order valence-electron chi connectivity index (χ3n) is 14.8. The molecule has 63 heavy (non-hydrogen) atoms. The summed E-state index contributed by atoms with van der Waals surface area (Å²) < 4.78 is 53.7. The summed E-state index contributed by atoms with van der Waals surface area (Å²) in [5.41, 5.74) is 5.58. The molecule has 4 fully saturated rings. The van der Waals surface area contributed by atoms with Gasteiger partial charge in [-0.1, -0.05) is 83.9 Å². The van der Waals surface area contributed by atoms with Crippen molar-refractivity contribution in [1.29, 1.82) is 0 Å². The van der Waals surface area contributed by atoms with Gasteiger partial charge in [0.15, 0.2) is 5.82 Å². The summed E-state index contributed by atoms with van der Waals surface area (Å²) in [6.07, 6.45) is 3.48. The molecule has 9 rings (SSSR count). The van der Waals surface area contributed by atoms with Crippen LogP contribution in [0, 0.1) is 23.1 Å². The fraction of sp³-hybridized carbons (Fsp3) is 0.560. The topological polar surface area (TPSA) is 93.2 Å². The van der Waals surface area contributed by atoms with Crippen LogP contribution in [0.2, 0.25) is 16.6 Å². The van der Waals surface area contributed by atoms with Crippen molar-refractivity contribution in [3.8, 4) is 34.6 Å². The van der Waals surface area contributed by atoms with E-state index in [1.165, 1.54) is 11.6 Å². The summed E-state index contributed by atoms with van der Waals surface area (Å²) in [6, 6.07) is 7.92. The predicted octanol–water partition coefficient (Wildman–Crippen LogP) is 10.6. The standard InChI is InChI=1S/C50H62F2N6O4Si/c1-28(2)63(29(3)4,30(5)6)23-20-35-37(51)18-16-33-14-12-15-36(39(33)35)42-41(52)43-40-45(55-47(54-43)60-27-50-21-13-22-56(50)25-31(7)24-50)57-26-34-17-19-38(44(57)32(8)61-46(40)53-42)58(34)48(59)62-49(9,10)11/h12,14-16,18,28-30,32,34,38,44H,7,13,17,19,21-22,24-27H2,1-6,8-11H3/t32-,34+,38-,44+,50-/m0/s1. The van der Waals surface area contributed by atoms with Gasteiger partial charge in [0.25, 0.3) is 0 Å². The number of aromatic nitrogens is 3. The largest absolute Gasteiger partial charge is 0.472 e. The van der Waals surface area contributed by atoms with Crippen LogP contribution < -0.4 is 14.4 Å². The number of pyridine rings is 1. The molecule has 1 amide bonds. The van der Waals surface area contributed by atoms with Gasteiger partial charge in [-0.05, 0) is 94.4 Å². The number of ether oxygens (including phenoxy) is 3. The maximum atomic E-state index is 18.0. The van der Waals surface area contributed by atoms with Crippen molar-refractivity contribution >= 4 is 41.7 Å². The van der Waals surface area contributed by atoms with Crippen LogP contribution >= 0.6 is 0 Å². The van der Waals surface area contributed by atoms with Crippen molar-refractivity contribution in [1.82, 2.24) is 24.8 Å². The molecule has 5 aliphatic rings. The molecule has 7 heterocycles. The molecule has 13 heteroatoms. The second-order valence-electron chi connectivity index (χ2n) is 20.7. The van der Waals surface area contributed by atoms with Gasteiger partial charge < -0.3 is 19.1 Å². The molecule has 334 valence electrons. The molecule has 0 saturated carbocycles. The normalized spacial score (nSPS) is 24.5. The SMILES string of the molecule is C=C1CN2CCC[C@@]2(COc2nc3c4c(nc(-c5cccc6ccc(F)c(C#C[Si](C(C)C)(C(C)C)C(C)C)c56)c(F)c4n2)O[C@@H](C)[C@@H]2[C@@H]4CC[C@H](CN32)N4C(=O)OC(C)(C)C)C1. The third kappa shape index (κ3) is 7.14. The smallest absolute Gasteiger partial charge is 0.410 e. The lowest BCUT2D eigenvalue weighted by Crippen LogP contribution is -2.65. The summed E-state index contributed by atoms with van der Waals surface area (Å²) in [5.74, 6) is 2.85. The quantitative estimate of drug-likeness (QED) is 0.102. The zero-order chi connectivity index (χ0) is 44.9. The molecule has 5 atom stereocenters. The van der Waals surface area contributed by atoms with Gasteiger partial charge in [-0.15, -0.1) is 5.54 Å². The van der Waals surface area contributed by atoms with Crippen LogP contribution in [0.1, 0.15) is 107 Å². The fourth-order valence-electron chi connectivity index (χ4n) is 12.2. The second kappa shape index (κ2) is 15.7. The molecular weight excluding hydrogens is 815 g/mol. The van der Waals surface area contributed by atoms with E-state index in [0.29, 0.717) is 57.3 Å². The number of amides is 1. The van der Waals surface area contributed by atoms with E-state index in [4.69, 9.17) is 29.2 Å². The Labute approximate surface area is 371 Å². The number of piperazine rings is 1. The fourth-order valence-corrected chi connectivity index (χ4v) is 17.4. The van der Waals surface area contributed by atoms with E-state index in [2.05, 4.69) is 69.4 Å². The average Bonchev–Trinajstić information content (AvgIpc) is 3.82. The molecule has 4 saturated heterocycles. The first-order valence-electron chi connectivity index (χ1n) is 23.0. The van der Waals surface area contributed by atoms with Crippen LogP contribution in [-0.4, -0.2) is 101 Å². The highest BCUT2D eigenvalue weighted by Gasteiger charge is 2.54. The Morgan fingerprint density at radius 1 is 1.03 bits per heavy atom. The summed E-state index contributed by atoms with van der Waals surface area (Å²) >= 11 is 0. The van der Waals surface area contributed by atoms with Gasteiger partial charge >= 0.3 is 12.1 Å². The van der Waals surface area contributed by atoms with Gasteiger partial charge in [0.05, 0.1) is 29.2 Å². The minimum Gasteiger partial charge on any atom is -0.472 e. The van der Waals surface area contributed by atoms with E-state index in [1.54, 1.807) is 12.1 Å². The van der Waals surface area contributed by atoms with Crippen LogP contribution in [0.5, 0.6) is 11.9 Å².